The lowest BCUT2D eigenvalue weighted by Crippen LogP contribution is -2.24. The van der Waals surface area contributed by atoms with Crippen LogP contribution in [0.15, 0.2) is 18.2 Å². The number of amides is 1. The first-order valence-corrected chi connectivity index (χ1v) is 6.79. The Morgan fingerprint density at radius 3 is 3.00 bits per heavy atom. The molecule has 1 aromatic carbocycles. The minimum atomic E-state index is 0.229. The van der Waals surface area contributed by atoms with Crippen molar-refractivity contribution < 1.29 is 4.79 Å². The van der Waals surface area contributed by atoms with Gasteiger partial charge in [0.1, 0.15) is 0 Å². The standard InChI is InChI=1S/C14H19ClN2O/c1-2-3-10-6-14(18)17(8-10)9-11-7-12(16)4-5-13(11)15/h4-5,7,10H,2-3,6,8-9,16H2,1H3. The SMILES string of the molecule is CCCC1CC(=O)N(Cc2cc(N)ccc2Cl)C1. The number of nitrogens with zero attached hydrogens (tertiary/aromatic N) is 1. The minimum Gasteiger partial charge on any atom is -0.399 e. The molecule has 0 saturated carbocycles. The van der Waals surface area contributed by atoms with E-state index in [1.54, 1.807) is 12.1 Å². The molecule has 1 aliphatic rings. The van der Waals surface area contributed by atoms with Crippen molar-refractivity contribution in [2.45, 2.75) is 32.7 Å². The van der Waals surface area contributed by atoms with Gasteiger partial charge in [-0.2, -0.15) is 0 Å². The van der Waals surface area contributed by atoms with E-state index in [1.165, 1.54) is 0 Å². The molecular formula is C14H19ClN2O. The summed E-state index contributed by atoms with van der Waals surface area (Å²) in [5, 5.41) is 0.677. The quantitative estimate of drug-likeness (QED) is 0.852. The maximum atomic E-state index is 11.9. The van der Waals surface area contributed by atoms with Crippen LogP contribution in [0.4, 0.5) is 5.69 Å². The Morgan fingerprint density at radius 2 is 2.28 bits per heavy atom. The average Bonchev–Trinajstić information content (AvgIpc) is 2.65. The summed E-state index contributed by atoms with van der Waals surface area (Å²) >= 11 is 6.13. The number of nitrogens with two attached hydrogens (primary N) is 1. The molecule has 1 atom stereocenters. The van der Waals surface area contributed by atoms with Crippen LogP contribution in [0.25, 0.3) is 0 Å². The third kappa shape index (κ3) is 2.96. The lowest BCUT2D eigenvalue weighted by molar-refractivity contribution is -0.128. The first-order chi connectivity index (χ1) is 8.60. The van der Waals surface area contributed by atoms with E-state index in [9.17, 15) is 4.79 Å². The van der Waals surface area contributed by atoms with Crippen molar-refractivity contribution in [3.63, 3.8) is 0 Å². The van der Waals surface area contributed by atoms with E-state index in [4.69, 9.17) is 17.3 Å². The van der Waals surface area contributed by atoms with E-state index < -0.39 is 0 Å². The van der Waals surface area contributed by atoms with Crippen molar-refractivity contribution in [1.29, 1.82) is 0 Å². The molecule has 2 N–H and O–H groups in total. The molecule has 2 rings (SSSR count). The van der Waals surface area contributed by atoms with Crippen LogP contribution < -0.4 is 5.73 Å². The Hall–Kier alpha value is -1.22. The zero-order chi connectivity index (χ0) is 13.1. The average molecular weight is 267 g/mol. The van der Waals surface area contributed by atoms with Crippen LogP contribution in [0.1, 0.15) is 31.7 Å². The van der Waals surface area contributed by atoms with Gasteiger partial charge in [-0.15, -0.1) is 0 Å². The number of anilines is 1. The second-order valence-electron chi connectivity index (χ2n) is 4.98. The number of halogens is 1. The summed E-state index contributed by atoms with van der Waals surface area (Å²) in [5.41, 5.74) is 7.37. The van der Waals surface area contributed by atoms with E-state index in [-0.39, 0.29) is 5.91 Å². The number of carbonyl (C=O) groups excluding carboxylic acids is 1. The van der Waals surface area contributed by atoms with Crippen molar-refractivity contribution in [1.82, 2.24) is 4.90 Å². The predicted molar refractivity (Wildman–Crippen MR) is 74.3 cm³/mol. The van der Waals surface area contributed by atoms with Crippen molar-refractivity contribution >= 4 is 23.2 Å². The van der Waals surface area contributed by atoms with E-state index in [0.29, 0.717) is 29.6 Å². The Balaban J connectivity index is 2.05. The van der Waals surface area contributed by atoms with Crippen LogP contribution in [-0.4, -0.2) is 17.4 Å². The summed E-state index contributed by atoms with van der Waals surface area (Å²) in [7, 11) is 0. The largest absolute Gasteiger partial charge is 0.399 e. The van der Waals surface area contributed by atoms with Gasteiger partial charge in [0.2, 0.25) is 5.91 Å². The summed E-state index contributed by atoms with van der Waals surface area (Å²) < 4.78 is 0. The maximum absolute atomic E-state index is 11.9. The number of hydrogen-bond donors (Lipinski definition) is 1. The van der Waals surface area contributed by atoms with Gasteiger partial charge >= 0.3 is 0 Å². The van der Waals surface area contributed by atoms with E-state index in [1.807, 2.05) is 11.0 Å². The molecule has 0 spiro atoms. The highest BCUT2D eigenvalue weighted by molar-refractivity contribution is 6.31. The summed E-state index contributed by atoms with van der Waals surface area (Å²) in [4.78, 5) is 13.8. The molecule has 1 aromatic rings. The number of hydrogen-bond acceptors (Lipinski definition) is 2. The maximum Gasteiger partial charge on any atom is 0.223 e. The van der Waals surface area contributed by atoms with E-state index in [0.717, 1.165) is 24.9 Å². The number of benzene rings is 1. The van der Waals surface area contributed by atoms with Crippen LogP contribution in [0.3, 0.4) is 0 Å². The highest BCUT2D eigenvalue weighted by Gasteiger charge is 2.29. The Labute approximate surface area is 113 Å². The van der Waals surface area contributed by atoms with Gasteiger partial charge in [0.15, 0.2) is 0 Å². The molecule has 98 valence electrons. The molecule has 18 heavy (non-hydrogen) atoms. The van der Waals surface area contributed by atoms with Crippen molar-refractivity contribution in [3.05, 3.63) is 28.8 Å². The van der Waals surface area contributed by atoms with Crippen LogP contribution in [0.5, 0.6) is 0 Å². The third-order valence-electron chi connectivity index (χ3n) is 3.42. The first kappa shape index (κ1) is 13.2. The van der Waals surface area contributed by atoms with Crippen LogP contribution in [-0.2, 0) is 11.3 Å². The van der Waals surface area contributed by atoms with Gasteiger partial charge in [-0.05, 0) is 36.1 Å². The number of likely N-dealkylation sites (tertiary alicyclic amines) is 1. The highest BCUT2D eigenvalue weighted by Crippen LogP contribution is 2.26. The Kier molecular flexibility index (Phi) is 4.12. The van der Waals surface area contributed by atoms with Gasteiger partial charge in [-0.25, -0.2) is 0 Å². The lowest BCUT2D eigenvalue weighted by atomic mass is 10.0. The molecule has 0 bridgehead atoms. The molecule has 0 radical (unpaired) electrons. The lowest BCUT2D eigenvalue weighted by Gasteiger charge is -2.17. The predicted octanol–water partition coefficient (Wildman–Crippen LogP) is 3.07. The van der Waals surface area contributed by atoms with Crippen LogP contribution >= 0.6 is 11.6 Å². The topological polar surface area (TPSA) is 46.3 Å². The fourth-order valence-corrected chi connectivity index (χ4v) is 2.71. The van der Waals surface area contributed by atoms with E-state index >= 15 is 0 Å². The summed E-state index contributed by atoms with van der Waals surface area (Å²) in [6, 6.07) is 5.41. The number of carbonyl (C=O) groups is 1. The van der Waals surface area contributed by atoms with Gasteiger partial charge in [-0.1, -0.05) is 24.9 Å². The van der Waals surface area contributed by atoms with Gasteiger partial charge in [0.25, 0.3) is 0 Å². The monoisotopic (exact) mass is 266 g/mol. The van der Waals surface area contributed by atoms with Crippen molar-refractivity contribution in [2.75, 3.05) is 12.3 Å². The molecule has 1 heterocycles. The smallest absolute Gasteiger partial charge is 0.223 e. The number of nitrogen functional groups attached to an aromatic ring is 1. The first-order valence-electron chi connectivity index (χ1n) is 6.41. The van der Waals surface area contributed by atoms with Crippen LogP contribution in [0, 0.1) is 5.92 Å². The minimum absolute atomic E-state index is 0.229. The van der Waals surface area contributed by atoms with Crippen LogP contribution in [0.2, 0.25) is 5.02 Å². The zero-order valence-electron chi connectivity index (χ0n) is 10.7. The Bertz CT molecular complexity index is 447. The van der Waals surface area contributed by atoms with Crippen molar-refractivity contribution in [2.24, 2.45) is 5.92 Å². The van der Waals surface area contributed by atoms with Gasteiger partial charge in [-0.3, -0.25) is 4.79 Å². The summed E-state index contributed by atoms with van der Waals surface area (Å²) in [6.07, 6.45) is 2.92. The third-order valence-corrected chi connectivity index (χ3v) is 3.79. The molecule has 0 aliphatic carbocycles. The fourth-order valence-electron chi connectivity index (χ4n) is 2.53. The second kappa shape index (κ2) is 5.61. The number of rotatable bonds is 4. The second-order valence-corrected chi connectivity index (χ2v) is 5.39. The van der Waals surface area contributed by atoms with Crippen molar-refractivity contribution in [3.8, 4) is 0 Å². The molecule has 0 aromatic heterocycles. The molecule has 1 aliphatic heterocycles. The molecule has 1 saturated heterocycles. The molecule has 4 heteroatoms. The summed E-state index contributed by atoms with van der Waals surface area (Å²) in [6.45, 7) is 3.57. The fraction of sp³-hybridized carbons (Fsp3) is 0.500. The van der Waals surface area contributed by atoms with E-state index in [2.05, 4.69) is 6.92 Å². The Morgan fingerprint density at radius 1 is 1.50 bits per heavy atom. The summed E-state index contributed by atoms with van der Waals surface area (Å²) in [5.74, 6) is 0.731. The van der Waals surface area contributed by atoms with Gasteiger partial charge < -0.3 is 10.6 Å². The molecule has 1 unspecified atom stereocenters. The van der Waals surface area contributed by atoms with Gasteiger partial charge in [0, 0.05) is 30.2 Å². The highest BCUT2D eigenvalue weighted by atomic mass is 35.5. The molecule has 1 fully saturated rings. The van der Waals surface area contributed by atoms with Gasteiger partial charge in [0.05, 0.1) is 0 Å². The molecule has 3 nitrogen and oxygen atoms in total. The molecule has 1 amide bonds. The normalized spacial score (nSPS) is 19.6. The zero-order valence-corrected chi connectivity index (χ0v) is 11.4. The molecular weight excluding hydrogens is 248 g/mol.